The monoisotopic (exact) mass is 650 g/mol. The molecule has 0 aliphatic rings. The lowest BCUT2D eigenvalue weighted by Crippen LogP contribution is -1.96. The molecule has 0 saturated heterocycles. The highest BCUT2D eigenvalue weighted by atomic mass is 16.3. The minimum absolute atomic E-state index is 0.911. The van der Waals surface area contributed by atoms with Crippen LogP contribution in [-0.2, 0) is 0 Å². The molecule has 3 aromatic heterocycles. The van der Waals surface area contributed by atoms with Crippen molar-refractivity contribution < 1.29 is 4.42 Å². The average Bonchev–Trinajstić information content (AvgIpc) is 3.86. The first kappa shape index (κ1) is 28.0. The molecule has 0 atom stereocenters. The van der Waals surface area contributed by atoms with Crippen molar-refractivity contribution in [1.29, 1.82) is 0 Å². The number of nitrogens with zero attached hydrogens (tertiary/aromatic N) is 2. The maximum Gasteiger partial charge on any atom is 0.136 e. The lowest BCUT2D eigenvalue weighted by Gasteiger charge is -2.12. The standard InChI is InChI=1S/C48H30N2O/c1-2-12-31(13-3-1)33-14-10-15-35(30-33)50-41-20-7-4-16-37(41)38-28-29-43-47(48(38)50)39-17-5-8-21-42(39)49(43)34-26-24-32(25-27-34)36-19-11-23-45-46(36)40-18-6-9-22-44(40)51-45/h1-30H. The molecule has 0 amide bonds. The predicted molar refractivity (Wildman–Crippen MR) is 213 cm³/mol. The van der Waals surface area contributed by atoms with E-state index in [9.17, 15) is 0 Å². The third-order valence-electron chi connectivity index (χ3n) is 10.5. The molecule has 0 unspecified atom stereocenters. The molecule has 3 heterocycles. The maximum absolute atomic E-state index is 6.21. The van der Waals surface area contributed by atoms with Gasteiger partial charge in [-0.1, -0.05) is 127 Å². The smallest absolute Gasteiger partial charge is 0.136 e. The van der Waals surface area contributed by atoms with E-state index in [-0.39, 0.29) is 0 Å². The number of hydrogen-bond acceptors (Lipinski definition) is 1. The van der Waals surface area contributed by atoms with Crippen LogP contribution in [0, 0.1) is 0 Å². The highest BCUT2D eigenvalue weighted by molar-refractivity contribution is 6.26. The van der Waals surface area contributed by atoms with Gasteiger partial charge in [0.05, 0.1) is 22.1 Å². The predicted octanol–water partition coefficient (Wildman–Crippen LogP) is 13.1. The SMILES string of the molecule is c1ccc(-c2cccc(-n3c4ccccc4c4ccc5c(c6ccccc6n5-c5ccc(-c6cccc7oc8ccccc8c67)cc5)c43)c2)cc1. The van der Waals surface area contributed by atoms with Gasteiger partial charge in [0.2, 0.25) is 0 Å². The molecule has 238 valence electrons. The van der Waals surface area contributed by atoms with Crippen LogP contribution in [0.25, 0.3) is 99.2 Å². The Labute approximate surface area is 293 Å². The molecule has 11 rings (SSSR count). The summed E-state index contributed by atoms with van der Waals surface area (Å²) in [5.41, 5.74) is 13.7. The summed E-state index contributed by atoms with van der Waals surface area (Å²) in [5.74, 6) is 0. The van der Waals surface area contributed by atoms with E-state index < -0.39 is 0 Å². The van der Waals surface area contributed by atoms with Crippen molar-refractivity contribution in [1.82, 2.24) is 9.13 Å². The first-order valence-electron chi connectivity index (χ1n) is 17.4. The molecular weight excluding hydrogens is 621 g/mol. The van der Waals surface area contributed by atoms with Crippen molar-refractivity contribution in [2.24, 2.45) is 0 Å². The van der Waals surface area contributed by atoms with Crippen LogP contribution in [0.4, 0.5) is 0 Å². The quantitative estimate of drug-likeness (QED) is 0.186. The van der Waals surface area contributed by atoms with Crippen LogP contribution >= 0.6 is 0 Å². The Hall–Kier alpha value is -6.84. The fourth-order valence-electron chi connectivity index (χ4n) is 8.32. The molecule has 0 spiro atoms. The minimum Gasteiger partial charge on any atom is -0.456 e. The van der Waals surface area contributed by atoms with E-state index in [4.69, 9.17) is 4.42 Å². The Balaban J connectivity index is 1.15. The fraction of sp³-hybridized carbons (Fsp3) is 0. The van der Waals surface area contributed by atoms with Crippen molar-refractivity contribution >= 4 is 65.6 Å². The van der Waals surface area contributed by atoms with Gasteiger partial charge < -0.3 is 13.6 Å². The number of benzene rings is 8. The number of rotatable bonds is 4. The van der Waals surface area contributed by atoms with E-state index in [1.807, 2.05) is 12.1 Å². The molecule has 51 heavy (non-hydrogen) atoms. The first-order valence-corrected chi connectivity index (χ1v) is 17.4. The van der Waals surface area contributed by atoms with E-state index in [1.54, 1.807) is 0 Å². The van der Waals surface area contributed by atoms with Crippen molar-refractivity contribution in [2.75, 3.05) is 0 Å². The van der Waals surface area contributed by atoms with Gasteiger partial charge in [0.15, 0.2) is 0 Å². The molecule has 0 N–H and O–H groups in total. The summed E-state index contributed by atoms with van der Waals surface area (Å²) in [6.07, 6.45) is 0. The van der Waals surface area contributed by atoms with Gasteiger partial charge in [-0.15, -0.1) is 0 Å². The van der Waals surface area contributed by atoms with Crippen LogP contribution in [0.15, 0.2) is 186 Å². The summed E-state index contributed by atoms with van der Waals surface area (Å²) >= 11 is 0. The normalized spacial score (nSPS) is 11.9. The summed E-state index contributed by atoms with van der Waals surface area (Å²) in [6, 6.07) is 65.5. The van der Waals surface area contributed by atoms with E-state index in [2.05, 4.69) is 179 Å². The summed E-state index contributed by atoms with van der Waals surface area (Å²) in [4.78, 5) is 0. The zero-order valence-corrected chi connectivity index (χ0v) is 27.6. The van der Waals surface area contributed by atoms with Crippen LogP contribution in [-0.4, -0.2) is 9.13 Å². The lowest BCUT2D eigenvalue weighted by atomic mass is 9.99. The third-order valence-corrected chi connectivity index (χ3v) is 10.5. The first-order chi connectivity index (χ1) is 25.3. The molecule has 0 radical (unpaired) electrons. The molecule has 0 bridgehead atoms. The molecule has 0 aliphatic heterocycles. The highest BCUT2D eigenvalue weighted by Gasteiger charge is 2.21. The van der Waals surface area contributed by atoms with Gasteiger partial charge in [-0.3, -0.25) is 0 Å². The van der Waals surface area contributed by atoms with Crippen LogP contribution in [0.2, 0.25) is 0 Å². The largest absolute Gasteiger partial charge is 0.456 e. The Morgan fingerprint density at radius 1 is 0.333 bits per heavy atom. The van der Waals surface area contributed by atoms with E-state index in [1.165, 1.54) is 60.3 Å². The topological polar surface area (TPSA) is 23.0 Å². The van der Waals surface area contributed by atoms with Crippen LogP contribution in [0.5, 0.6) is 0 Å². The van der Waals surface area contributed by atoms with Crippen molar-refractivity contribution in [3.63, 3.8) is 0 Å². The van der Waals surface area contributed by atoms with Crippen molar-refractivity contribution in [3.8, 4) is 33.6 Å². The molecule has 3 nitrogen and oxygen atoms in total. The second-order valence-corrected chi connectivity index (χ2v) is 13.3. The minimum atomic E-state index is 0.911. The molecule has 3 heteroatoms. The molecular formula is C48H30N2O. The molecule has 11 aromatic rings. The lowest BCUT2D eigenvalue weighted by molar-refractivity contribution is 0.669. The fourth-order valence-corrected chi connectivity index (χ4v) is 8.32. The Morgan fingerprint density at radius 3 is 1.84 bits per heavy atom. The van der Waals surface area contributed by atoms with Crippen LogP contribution in [0.1, 0.15) is 0 Å². The Bertz CT molecular complexity index is 3120. The zero-order chi connectivity index (χ0) is 33.5. The van der Waals surface area contributed by atoms with E-state index in [0.29, 0.717) is 0 Å². The van der Waals surface area contributed by atoms with E-state index >= 15 is 0 Å². The second kappa shape index (κ2) is 10.8. The van der Waals surface area contributed by atoms with Gasteiger partial charge in [0.1, 0.15) is 11.2 Å². The Morgan fingerprint density at radius 2 is 1.00 bits per heavy atom. The van der Waals surface area contributed by atoms with Gasteiger partial charge in [-0.25, -0.2) is 0 Å². The third kappa shape index (κ3) is 4.12. The summed E-state index contributed by atoms with van der Waals surface area (Å²) in [5, 5.41) is 7.29. The number of fused-ring (bicyclic) bond motifs is 10. The van der Waals surface area contributed by atoms with E-state index in [0.717, 1.165) is 38.9 Å². The summed E-state index contributed by atoms with van der Waals surface area (Å²) in [6.45, 7) is 0. The second-order valence-electron chi connectivity index (χ2n) is 13.3. The van der Waals surface area contributed by atoms with Crippen LogP contribution in [0.3, 0.4) is 0 Å². The summed E-state index contributed by atoms with van der Waals surface area (Å²) < 4.78 is 11.1. The van der Waals surface area contributed by atoms with Gasteiger partial charge >= 0.3 is 0 Å². The van der Waals surface area contributed by atoms with Crippen molar-refractivity contribution in [3.05, 3.63) is 182 Å². The number of hydrogen-bond donors (Lipinski definition) is 0. The molecule has 0 fully saturated rings. The molecule has 0 saturated carbocycles. The maximum atomic E-state index is 6.21. The number of para-hydroxylation sites is 3. The summed E-state index contributed by atoms with van der Waals surface area (Å²) in [7, 11) is 0. The van der Waals surface area contributed by atoms with Crippen LogP contribution < -0.4 is 0 Å². The molecule has 0 aliphatic carbocycles. The average molecular weight is 651 g/mol. The number of furan rings is 1. The van der Waals surface area contributed by atoms with Gasteiger partial charge in [-0.2, -0.15) is 0 Å². The number of aromatic nitrogens is 2. The van der Waals surface area contributed by atoms with Crippen molar-refractivity contribution in [2.45, 2.75) is 0 Å². The Kier molecular flexibility index (Phi) is 5.96. The zero-order valence-electron chi connectivity index (χ0n) is 27.6. The van der Waals surface area contributed by atoms with Gasteiger partial charge in [-0.05, 0) is 76.9 Å². The van der Waals surface area contributed by atoms with Gasteiger partial charge in [0.25, 0.3) is 0 Å². The molecule has 8 aromatic carbocycles. The van der Waals surface area contributed by atoms with Gasteiger partial charge in [0, 0.05) is 43.7 Å². The highest BCUT2D eigenvalue weighted by Crippen LogP contribution is 2.43.